The Balaban J connectivity index is 1.50. The minimum absolute atomic E-state index is 0.204. The Morgan fingerprint density at radius 1 is 1.07 bits per heavy atom. The number of amides is 1. The molecule has 7 heteroatoms. The van der Waals surface area contributed by atoms with E-state index in [0.717, 1.165) is 21.8 Å². The average Bonchev–Trinajstić information content (AvgIpc) is 3.26. The van der Waals surface area contributed by atoms with E-state index in [2.05, 4.69) is 15.4 Å². The van der Waals surface area contributed by atoms with Gasteiger partial charge in [-0.25, -0.2) is 14.1 Å². The van der Waals surface area contributed by atoms with E-state index >= 15 is 0 Å². The van der Waals surface area contributed by atoms with Gasteiger partial charge in [-0.2, -0.15) is 5.10 Å². The van der Waals surface area contributed by atoms with Gasteiger partial charge in [-0.3, -0.25) is 4.79 Å². The van der Waals surface area contributed by atoms with E-state index in [-0.39, 0.29) is 11.7 Å². The normalized spacial score (nSPS) is 10.9. The summed E-state index contributed by atoms with van der Waals surface area (Å²) < 4.78 is 14.9. The molecule has 30 heavy (non-hydrogen) atoms. The molecular weight excluding hydrogens is 399 g/mol. The van der Waals surface area contributed by atoms with Gasteiger partial charge < -0.3 is 5.32 Å². The fourth-order valence-electron chi connectivity index (χ4n) is 3.21. The predicted octanol–water partition coefficient (Wildman–Crippen LogP) is 4.99. The van der Waals surface area contributed by atoms with E-state index in [1.54, 1.807) is 16.8 Å². The molecular formula is C23H21FN4OS. The van der Waals surface area contributed by atoms with Crippen LogP contribution in [-0.2, 0) is 13.0 Å². The van der Waals surface area contributed by atoms with Crippen LogP contribution in [0.25, 0.3) is 0 Å². The number of carbonyl (C=O) groups is 1. The molecule has 152 valence electrons. The van der Waals surface area contributed by atoms with Crippen molar-refractivity contribution in [3.63, 3.8) is 0 Å². The number of nitrogens with zero attached hydrogens (tertiary/aromatic N) is 3. The summed E-state index contributed by atoms with van der Waals surface area (Å²) in [4.78, 5) is 18.0. The van der Waals surface area contributed by atoms with Gasteiger partial charge in [-0.15, -0.1) is 11.3 Å². The molecule has 1 amide bonds. The summed E-state index contributed by atoms with van der Waals surface area (Å²) in [7, 11) is 0. The first kappa shape index (κ1) is 20.0. The lowest BCUT2D eigenvalue weighted by Gasteiger charge is -2.08. The number of anilines is 1. The molecule has 2 aromatic carbocycles. The highest BCUT2D eigenvalue weighted by molar-refractivity contribution is 7.14. The molecule has 0 fully saturated rings. The number of nitrogens with one attached hydrogen (secondary N) is 1. The van der Waals surface area contributed by atoms with Crippen molar-refractivity contribution in [2.75, 3.05) is 5.32 Å². The van der Waals surface area contributed by atoms with Crippen LogP contribution in [-0.4, -0.2) is 20.7 Å². The number of aryl methyl sites for hydroxylation is 2. The molecule has 0 unspecified atom stereocenters. The Morgan fingerprint density at radius 3 is 2.53 bits per heavy atom. The van der Waals surface area contributed by atoms with Crippen molar-refractivity contribution in [1.29, 1.82) is 0 Å². The van der Waals surface area contributed by atoms with Crippen molar-refractivity contribution in [2.45, 2.75) is 26.8 Å². The second-order valence-corrected chi connectivity index (χ2v) is 8.18. The first-order chi connectivity index (χ1) is 14.5. The van der Waals surface area contributed by atoms with E-state index in [1.165, 1.54) is 23.5 Å². The van der Waals surface area contributed by atoms with E-state index in [1.807, 2.05) is 50.2 Å². The molecule has 5 nitrogen and oxygen atoms in total. The maximum Gasteiger partial charge on any atom is 0.268 e. The van der Waals surface area contributed by atoms with Crippen LogP contribution in [0.4, 0.5) is 10.2 Å². The van der Waals surface area contributed by atoms with E-state index < -0.39 is 0 Å². The van der Waals surface area contributed by atoms with Gasteiger partial charge in [-0.05, 0) is 37.1 Å². The van der Waals surface area contributed by atoms with Crippen LogP contribution >= 0.6 is 11.3 Å². The highest BCUT2D eigenvalue weighted by Gasteiger charge is 2.18. The molecule has 4 aromatic rings. The molecule has 0 aliphatic rings. The molecule has 2 heterocycles. The van der Waals surface area contributed by atoms with Crippen LogP contribution in [0.3, 0.4) is 0 Å². The third-order valence-corrected chi connectivity index (χ3v) is 5.79. The molecule has 1 N–H and O–H groups in total. The summed E-state index contributed by atoms with van der Waals surface area (Å²) in [6.45, 7) is 4.30. The van der Waals surface area contributed by atoms with Gasteiger partial charge in [0, 0.05) is 12.5 Å². The van der Waals surface area contributed by atoms with Crippen LogP contribution < -0.4 is 5.32 Å². The van der Waals surface area contributed by atoms with Gasteiger partial charge in [0.15, 0.2) is 0 Å². The Kier molecular flexibility index (Phi) is 5.72. The fraction of sp³-hybridized carbons (Fsp3) is 0.174. The standard InChI is InChI=1S/C23H21FN4OS/c1-15-12-20(28(27-15)14-18-6-4-3-5-7-18)26-23(29)22-16(2)25-21(30-22)13-17-8-10-19(24)11-9-17/h3-12H,13-14H2,1-2H3,(H,26,29). The molecule has 0 saturated carbocycles. The predicted molar refractivity (Wildman–Crippen MR) is 117 cm³/mol. The Labute approximate surface area is 178 Å². The van der Waals surface area contributed by atoms with E-state index in [9.17, 15) is 9.18 Å². The molecule has 4 rings (SSSR count). The Hall–Kier alpha value is -3.32. The van der Waals surface area contributed by atoms with Gasteiger partial charge in [0.05, 0.1) is 22.9 Å². The van der Waals surface area contributed by atoms with Crippen LogP contribution in [0, 0.1) is 19.7 Å². The lowest BCUT2D eigenvalue weighted by molar-refractivity contribution is 0.102. The molecule has 0 atom stereocenters. The summed E-state index contributed by atoms with van der Waals surface area (Å²) in [6, 6.07) is 18.2. The molecule has 0 saturated heterocycles. The van der Waals surface area contributed by atoms with Crippen molar-refractivity contribution < 1.29 is 9.18 Å². The van der Waals surface area contributed by atoms with Crippen LogP contribution in [0.5, 0.6) is 0 Å². The second-order valence-electron chi connectivity index (χ2n) is 7.09. The van der Waals surface area contributed by atoms with Crippen molar-refractivity contribution in [3.05, 3.63) is 98.9 Å². The topological polar surface area (TPSA) is 59.8 Å². The number of carbonyl (C=O) groups excluding carboxylic acids is 1. The van der Waals surface area contributed by atoms with Crippen molar-refractivity contribution >= 4 is 23.1 Å². The monoisotopic (exact) mass is 420 g/mol. The van der Waals surface area contributed by atoms with Crippen LogP contribution in [0.2, 0.25) is 0 Å². The van der Waals surface area contributed by atoms with Gasteiger partial charge in [0.25, 0.3) is 5.91 Å². The van der Waals surface area contributed by atoms with Crippen molar-refractivity contribution in [3.8, 4) is 0 Å². The lowest BCUT2D eigenvalue weighted by Crippen LogP contribution is -2.16. The maximum atomic E-state index is 13.1. The maximum absolute atomic E-state index is 13.1. The lowest BCUT2D eigenvalue weighted by atomic mass is 10.1. The summed E-state index contributed by atoms with van der Waals surface area (Å²) >= 11 is 1.36. The third-order valence-electron chi connectivity index (χ3n) is 4.63. The fourth-order valence-corrected chi connectivity index (χ4v) is 4.21. The summed E-state index contributed by atoms with van der Waals surface area (Å²) in [5, 5.41) is 8.30. The van der Waals surface area contributed by atoms with E-state index in [0.29, 0.717) is 29.4 Å². The van der Waals surface area contributed by atoms with Gasteiger partial charge >= 0.3 is 0 Å². The minimum Gasteiger partial charge on any atom is -0.306 e. The molecule has 0 aliphatic carbocycles. The van der Waals surface area contributed by atoms with E-state index in [4.69, 9.17) is 0 Å². The SMILES string of the molecule is Cc1cc(NC(=O)c2sc(Cc3ccc(F)cc3)nc2C)n(Cc2ccccc2)n1. The number of hydrogen-bond donors (Lipinski definition) is 1. The first-order valence-corrected chi connectivity index (χ1v) is 10.4. The number of benzene rings is 2. The van der Waals surface area contributed by atoms with Gasteiger partial charge in [0.1, 0.15) is 16.5 Å². The first-order valence-electron chi connectivity index (χ1n) is 9.58. The minimum atomic E-state index is -0.267. The summed E-state index contributed by atoms with van der Waals surface area (Å²) in [5.74, 6) is 0.176. The quantitative estimate of drug-likeness (QED) is 0.478. The highest BCUT2D eigenvalue weighted by atomic mass is 32.1. The summed E-state index contributed by atoms with van der Waals surface area (Å²) in [5.41, 5.74) is 3.57. The Morgan fingerprint density at radius 2 is 1.80 bits per heavy atom. The van der Waals surface area contributed by atoms with Crippen molar-refractivity contribution in [2.24, 2.45) is 0 Å². The molecule has 0 radical (unpaired) electrons. The molecule has 2 aromatic heterocycles. The zero-order chi connectivity index (χ0) is 21.1. The molecule has 0 aliphatic heterocycles. The zero-order valence-corrected chi connectivity index (χ0v) is 17.5. The molecule has 0 bridgehead atoms. The largest absolute Gasteiger partial charge is 0.306 e. The van der Waals surface area contributed by atoms with Gasteiger partial charge in [-0.1, -0.05) is 42.5 Å². The van der Waals surface area contributed by atoms with Crippen LogP contribution in [0.1, 0.15) is 37.2 Å². The third kappa shape index (κ3) is 4.63. The average molecular weight is 421 g/mol. The van der Waals surface area contributed by atoms with Gasteiger partial charge in [0.2, 0.25) is 0 Å². The number of halogens is 1. The van der Waals surface area contributed by atoms with Crippen molar-refractivity contribution in [1.82, 2.24) is 14.8 Å². The summed E-state index contributed by atoms with van der Waals surface area (Å²) in [6.07, 6.45) is 0.560. The molecule has 0 spiro atoms. The number of hydrogen-bond acceptors (Lipinski definition) is 4. The number of rotatable bonds is 6. The van der Waals surface area contributed by atoms with Crippen LogP contribution in [0.15, 0.2) is 60.7 Å². The number of aromatic nitrogens is 3. The zero-order valence-electron chi connectivity index (χ0n) is 16.7. The number of thiazole rings is 1. The highest BCUT2D eigenvalue weighted by Crippen LogP contribution is 2.23. The second kappa shape index (κ2) is 8.59. The smallest absolute Gasteiger partial charge is 0.268 e. The Bertz CT molecular complexity index is 1170.